The summed E-state index contributed by atoms with van der Waals surface area (Å²) in [7, 11) is 0. The summed E-state index contributed by atoms with van der Waals surface area (Å²) in [5, 5.41) is 5.40. The number of amides is 1. The van der Waals surface area contributed by atoms with Gasteiger partial charge in [-0.15, -0.1) is 0 Å². The molecule has 0 fully saturated rings. The monoisotopic (exact) mass is 285 g/mol. The number of rotatable bonds is 3. The van der Waals surface area contributed by atoms with E-state index in [1.54, 1.807) is 12.2 Å². The van der Waals surface area contributed by atoms with Gasteiger partial charge < -0.3 is 9.84 Å². The summed E-state index contributed by atoms with van der Waals surface area (Å²) in [5.41, 5.74) is 0.701. The summed E-state index contributed by atoms with van der Waals surface area (Å²) in [6, 6.07) is 5.83. The normalized spacial score (nSPS) is 11.4. The number of halogens is 3. The molecule has 0 aliphatic carbocycles. The molecule has 1 aromatic heterocycles. The molecule has 1 heterocycles. The number of carbonyl (C=O) groups is 1. The number of benzene rings is 1. The van der Waals surface area contributed by atoms with Crippen molar-refractivity contribution >= 4 is 5.91 Å². The van der Waals surface area contributed by atoms with Gasteiger partial charge in [-0.25, -0.2) is 0 Å². The van der Waals surface area contributed by atoms with Crippen molar-refractivity contribution in [2.75, 3.05) is 6.54 Å². The predicted octanol–water partition coefficient (Wildman–Crippen LogP) is 2.34. The van der Waals surface area contributed by atoms with E-state index in [9.17, 15) is 18.0 Å². The lowest BCUT2D eigenvalue weighted by Gasteiger charge is -2.08. The lowest BCUT2D eigenvalue weighted by atomic mass is 10.1. The van der Waals surface area contributed by atoms with Crippen molar-refractivity contribution in [2.24, 2.45) is 0 Å². The van der Waals surface area contributed by atoms with Crippen molar-refractivity contribution < 1.29 is 22.5 Å². The van der Waals surface area contributed by atoms with Gasteiger partial charge in [-0.05, 0) is 31.2 Å². The SMILES string of the molecule is Cc1noc(-c2ccc(C(=O)NCC(F)(F)F)cc2)n1. The molecule has 8 heteroatoms. The summed E-state index contributed by atoms with van der Waals surface area (Å²) >= 11 is 0. The third kappa shape index (κ3) is 3.56. The van der Waals surface area contributed by atoms with Crippen LogP contribution in [0.4, 0.5) is 13.2 Å². The van der Waals surface area contributed by atoms with Crippen LogP contribution < -0.4 is 5.32 Å². The molecule has 0 aliphatic heterocycles. The lowest BCUT2D eigenvalue weighted by molar-refractivity contribution is -0.123. The third-order valence-corrected chi connectivity index (χ3v) is 2.37. The zero-order valence-electron chi connectivity index (χ0n) is 10.4. The molecule has 1 N–H and O–H groups in total. The first-order valence-electron chi connectivity index (χ1n) is 5.61. The molecular weight excluding hydrogens is 275 g/mol. The third-order valence-electron chi connectivity index (χ3n) is 2.37. The molecular formula is C12H10F3N3O2. The number of hydrogen-bond donors (Lipinski definition) is 1. The average molecular weight is 285 g/mol. The van der Waals surface area contributed by atoms with E-state index >= 15 is 0 Å². The molecule has 106 valence electrons. The van der Waals surface area contributed by atoms with Crippen LogP contribution in [0.1, 0.15) is 16.2 Å². The van der Waals surface area contributed by atoms with Crippen LogP contribution >= 0.6 is 0 Å². The summed E-state index contributed by atoms with van der Waals surface area (Å²) in [5.74, 6) is -0.0488. The van der Waals surface area contributed by atoms with Crippen LogP contribution in [0.5, 0.6) is 0 Å². The van der Waals surface area contributed by atoms with E-state index in [0.717, 1.165) is 0 Å². The lowest BCUT2D eigenvalue weighted by Crippen LogP contribution is -2.33. The fraction of sp³-hybridized carbons (Fsp3) is 0.250. The topological polar surface area (TPSA) is 68.0 Å². The minimum Gasteiger partial charge on any atom is -0.343 e. The maximum Gasteiger partial charge on any atom is 0.405 e. The van der Waals surface area contributed by atoms with Gasteiger partial charge in [0.05, 0.1) is 0 Å². The van der Waals surface area contributed by atoms with Crippen LogP contribution in [0.25, 0.3) is 11.5 Å². The summed E-state index contributed by atoms with van der Waals surface area (Å²) in [6.45, 7) is 0.294. The summed E-state index contributed by atoms with van der Waals surface area (Å²) in [6.07, 6.45) is -4.43. The molecule has 0 radical (unpaired) electrons. The van der Waals surface area contributed by atoms with Gasteiger partial charge in [-0.1, -0.05) is 5.16 Å². The molecule has 0 unspecified atom stereocenters. The zero-order valence-corrected chi connectivity index (χ0v) is 10.4. The van der Waals surface area contributed by atoms with Crippen LogP contribution in [-0.4, -0.2) is 28.8 Å². The number of nitrogens with one attached hydrogen (secondary N) is 1. The predicted molar refractivity (Wildman–Crippen MR) is 62.9 cm³/mol. The molecule has 0 aliphatic rings. The second-order valence-electron chi connectivity index (χ2n) is 4.02. The van der Waals surface area contributed by atoms with Gasteiger partial charge >= 0.3 is 6.18 Å². The molecule has 2 aromatic rings. The van der Waals surface area contributed by atoms with Gasteiger partial charge in [0, 0.05) is 11.1 Å². The quantitative estimate of drug-likeness (QED) is 0.939. The summed E-state index contributed by atoms with van der Waals surface area (Å²) < 4.78 is 40.9. The van der Waals surface area contributed by atoms with E-state index in [1.807, 2.05) is 0 Å². The largest absolute Gasteiger partial charge is 0.405 e. The molecule has 0 saturated heterocycles. The van der Waals surface area contributed by atoms with Crippen molar-refractivity contribution in [2.45, 2.75) is 13.1 Å². The Balaban J connectivity index is 2.06. The molecule has 20 heavy (non-hydrogen) atoms. The molecule has 0 atom stereocenters. The number of aryl methyl sites for hydroxylation is 1. The van der Waals surface area contributed by atoms with Crippen molar-refractivity contribution in [1.29, 1.82) is 0 Å². The Bertz CT molecular complexity index is 605. The highest BCUT2D eigenvalue weighted by Gasteiger charge is 2.27. The van der Waals surface area contributed by atoms with Crippen molar-refractivity contribution in [3.63, 3.8) is 0 Å². The number of hydrogen-bond acceptors (Lipinski definition) is 4. The van der Waals surface area contributed by atoms with Gasteiger partial charge in [0.25, 0.3) is 11.8 Å². The van der Waals surface area contributed by atoms with Crippen LogP contribution in [0, 0.1) is 6.92 Å². The Morgan fingerprint density at radius 2 is 1.95 bits per heavy atom. The fourth-order valence-corrected chi connectivity index (χ4v) is 1.46. The van der Waals surface area contributed by atoms with Crippen molar-refractivity contribution in [3.05, 3.63) is 35.7 Å². The number of alkyl halides is 3. The maximum absolute atomic E-state index is 12.0. The van der Waals surface area contributed by atoms with Crippen molar-refractivity contribution in [1.82, 2.24) is 15.5 Å². The molecule has 2 rings (SSSR count). The minimum absolute atomic E-state index is 0.120. The standard InChI is InChI=1S/C12H10F3N3O2/c1-7-17-11(20-18-7)9-4-2-8(3-5-9)10(19)16-6-12(13,14)15/h2-5H,6H2,1H3,(H,16,19). The first-order valence-corrected chi connectivity index (χ1v) is 5.61. The van der Waals surface area contributed by atoms with Gasteiger partial charge in [-0.2, -0.15) is 18.2 Å². The zero-order chi connectivity index (χ0) is 14.8. The van der Waals surface area contributed by atoms with Crippen LogP contribution in [0.2, 0.25) is 0 Å². The number of nitrogens with zero attached hydrogens (tertiary/aromatic N) is 2. The van der Waals surface area contributed by atoms with E-state index in [2.05, 4.69) is 10.1 Å². The van der Waals surface area contributed by atoms with E-state index in [-0.39, 0.29) is 11.5 Å². The second kappa shape index (κ2) is 5.32. The maximum atomic E-state index is 12.0. The molecule has 0 bridgehead atoms. The fourth-order valence-electron chi connectivity index (χ4n) is 1.46. The highest BCUT2D eigenvalue weighted by Crippen LogP contribution is 2.18. The smallest absolute Gasteiger partial charge is 0.343 e. The van der Waals surface area contributed by atoms with Crippen molar-refractivity contribution in [3.8, 4) is 11.5 Å². The average Bonchev–Trinajstić information content (AvgIpc) is 2.82. The second-order valence-corrected chi connectivity index (χ2v) is 4.02. The van der Waals surface area contributed by atoms with E-state index < -0.39 is 18.6 Å². The van der Waals surface area contributed by atoms with Gasteiger partial charge in [0.1, 0.15) is 6.54 Å². The van der Waals surface area contributed by atoms with Crippen LogP contribution in [0.15, 0.2) is 28.8 Å². The molecule has 5 nitrogen and oxygen atoms in total. The van der Waals surface area contributed by atoms with Gasteiger partial charge in [0.15, 0.2) is 5.82 Å². The van der Waals surface area contributed by atoms with Crippen LogP contribution in [-0.2, 0) is 0 Å². The first kappa shape index (κ1) is 14.0. The number of aromatic nitrogens is 2. The van der Waals surface area contributed by atoms with E-state index in [4.69, 9.17) is 4.52 Å². The minimum atomic E-state index is -4.43. The Hall–Kier alpha value is -2.38. The highest BCUT2D eigenvalue weighted by molar-refractivity contribution is 5.94. The Morgan fingerprint density at radius 1 is 1.30 bits per heavy atom. The Kier molecular flexibility index (Phi) is 3.73. The molecule has 1 amide bonds. The van der Waals surface area contributed by atoms with Crippen LogP contribution in [0.3, 0.4) is 0 Å². The van der Waals surface area contributed by atoms with Gasteiger partial charge in [0.2, 0.25) is 0 Å². The van der Waals surface area contributed by atoms with E-state index in [0.29, 0.717) is 11.4 Å². The Morgan fingerprint density at radius 3 is 2.45 bits per heavy atom. The molecule has 0 spiro atoms. The van der Waals surface area contributed by atoms with E-state index in [1.165, 1.54) is 24.3 Å². The number of carbonyl (C=O) groups excluding carboxylic acids is 1. The molecule has 0 saturated carbocycles. The van der Waals surface area contributed by atoms with Gasteiger partial charge in [-0.3, -0.25) is 4.79 Å². The Labute approximate surface area is 111 Å². The summed E-state index contributed by atoms with van der Waals surface area (Å²) in [4.78, 5) is 15.5. The molecule has 1 aromatic carbocycles. The first-order chi connectivity index (χ1) is 9.35. The highest BCUT2D eigenvalue weighted by atomic mass is 19.4.